The number of carboxylic acid groups (broad SMARTS) is 1. The molecule has 34 heavy (non-hydrogen) atoms. The van der Waals surface area contributed by atoms with Crippen LogP contribution in [0.2, 0.25) is 0 Å². The van der Waals surface area contributed by atoms with Crippen LogP contribution < -0.4 is 15.5 Å². The van der Waals surface area contributed by atoms with Crippen molar-refractivity contribution in [2.75, 3.05) is 6.61 Å². The van der Waals surface area contributed by atoms with Crippen molar-refractivity contribution < 1.29 is 24.2 Å². The molecule has 1 unspecified atom stereocenters. The zero-order valence-corrected chi connectivity index (χ0v) is 18.9. The Morgan fingerprint density at radius 3 is 2.29 bits per heavy atom. The topological polar surface area (TPSA) is 138 Å². The molecule has 0 radical (unpaired) electrons. The molecule has 0 saturated carbocycles. The molecule has 10 heteroatoms. The number of benzene rings is 2. The van der Waals surface area contributed by atoms with Crippen molar-refractivity contribution in [1.82, 2.24) is 15.6 Å². The maximum atomic E-state index is 12.6. The van der Waals surface area contributed by atoms with E-state index in [2.05, 4.69) is 15.6 Å². The van der Waals surface area contributed by atoms with Crippen molar-refractivity contribution >= 4 is 29.3 Å². The number of fused-ring (bicyclic) bond motifs is 3. The fraction of sp³-hybridized carbons (Fsp3) is 0.250. The number of alkyl carbamates (subject to hydrolysis) is 1. The maximum absolute atomic E-state index is 12.6. The van der Waals surface area contributed by atoms with Crippen molar-refractivity contribution in [2.45, 2.75) is 31.3 Å². The lowest BCUT2D eigenvalue weighted by atomic mass is 9.98. The summed E-state index contributed by atoms with van der Waals surface area (Å²) in [6.07, 6.45) is -1.22. The van der Waals surface area contributed by atoms with Crippen LogP contribution >= 0.6 is 11.3 Å². The Labute approximate surface area is 198 Å². The van der Waals surface area contributed by atoms with E-state index in [9.17, 15) is 19.2 Å². The Morgan fingerprint density at radius 1 is 1.06 bits per heavy atom. The Bertz CT molecular complexity index is 1220. The number of aliphatic carboxylic acids is 1. The number of aromatic nitrogens is 1. The smallest absolute Gasteiger partial charge is 0.407 e. The van der Waals surface area contributed by atoms with Crippen LogP contribution in [0.3, 0.4) is 0 Å². The first-order chi connectivity index (χ1) is 16.4. The molecule has 0 spiro atoms. The van der Waals surface area contributed by atoms with Gasteiger partial charge in [-0.05, 0) is 28.7 Å². The molecular weight excluding hydrogens is 458 g/mol. The molecule has 1 aliphatic carbocycles. The average molecular weight is 482 g/mol. The van der Waals surface area contributed by atoms with Crippen molar-refractivity contribution in [3.8, 4) is 11.1 Å². The molecule has 1 aromatic heterocycles. The third-order valence-electron chi connectivity index (χ3n) is 5.62. The minimum atomic E-state index is -1.10. The summed E-state index contributed by atoms with van der Waals surface area (Å²) in [7, 11) is 0. The molecule has 2 amide bonds. The Morgan fingerprint density at radius 2 is 1.71 bits per heavy atom. The van der Waals surface area contributed by atoms with Gasteiger partial charge in [-0.25, -0.2) is 4.79 Å². The van der Waals surface area contributed by atoms with Crippen molar-refractivity contribution in [2.24, 2.45) is 0 Å². The quantitative estimate of drug-likeness (QED) is 0.371. The number of carboxylic acids is 1. The van der Waals surface area contributed by atoms with Crippen molar-refractivity contribution in [3.05, 3.63) is 80.4 Å². The highest BCUT2D eigenvalue weighted by atomic mass is 32.1. The zero-order chi connectivity index (χ0) is 24.1. The van der Waals surface area contributed by atoms with Crippen LogP contribution in [0.15, 0.2) is 58.7 Å². The molecular formula is C24H23N3O6S. The van der Waals surface area contributed by atoms with E-state index in [0.29, 0.717) is 5.69 Å². The SMILES string of the molecule is O=C(O)CCC(NC(=O)OCC1c2ccccc2-c2ccccc21)C(=O)NCc1csc(=O)[nH]1. The molecule has 1 atom stereocenters. The number of rotatable bonds is 9. The predicted octanol–water partition coefficient (Wildman–Crippen LogP) is 2.82. The molecule has 9 nitrogen and oxygen atoms in total. The lowest BCUT2D eigenvalue weighted by Gasteiger charge is -2.19. The van der Waals surface area contributed by atoms with Crippen molar-refractivity contribution in [1.29, 1.82) is 0 Å². The summed E-state index contributed by atoms with van der Waals surface area (Å²) in [5.74, 6) is -1.80. The Hall–Kier alpha value is -3.92. The van der Waals surface area contributed by atoms with Gasteiger partial charge in [0.25, 0.3) is 0 Å². The number of carbonyl (C=O) groups is 3. The van der Waals surface area contributed by atoms with E-state index in [1.54, 1.807) is 5.38 Å². The van der Waals surface area contributed by atoms with Gasteiger partial charge in [0.1, 0.15) is 12.6 Å². The molecule has 3 aromatic rings. The number of ether oxygens (including phenoxy) is 1. The summed E-state index contributed by atoms with van der Waals surface area (Å²) in [5.41, 5.74) is 4.82. The predicted molar refractivity (Wildman–Crippen MR) is 126 cm³/mol. The molecule has 0 bridgehead atoms. The number of nitrogens with one attached hydrogen (secondary N) is 3. The number of carbonyl (C=O) groups excluding carboxylic acids is 2. The van der Waals surface area contributed by atoms with Gasteiger partial charge in [-0.3, -0.25) is 14.4 Å². The second-order valence-electron chi connectivity index (χ2n) is 7.85. The summed E-state index contributed by atoms with van der Waals surface area (Å²) >= 11 is 0.968. The van der Waals surface area contributed by atoms with Crippen LogP contribution in [-0.4, -0.2) is 40.7 Å². The third kappa shape index (κ3) is 5.34. The normalized spacial score (nSPS) is 12.9. The second kappa shape index (κ2) is 10.3. The summed E-state index contributed by atoms with van der Waals surface area (Å²) < 4.78 is 5.47. The van der Waals surface area contributed by atoms with Crippen LogP contribution in [0.1, 0.15) is 35.6 Å². The van der Waals surface area contributed by atoms with E-state index < -0.39 is 24.0 Å². The number of hydrogen-bond donors (Lipinski definition) is 4. The Balaban J connectivity index is 1.39. The van der Waals surface area contributed by atoms with Gasteiger partial charge in [0.15, 0.2) is 0 Å². The van der Waals surface area contributed by atoms with Crippen LogP contribution in [-0.2, 0) is 20.9 Å². The van der Waals surface area contributed by atoms with E-state index in [4.69, 9.17) is 9.84 Å². The zero-order valence-electron chi connectivity index (χ0n) is 18.1. The lowest BCUT2D eigenvalue weighted by Crippen LogP contribution is -2.47. The molecule has 1 heterocycles. The monoisotopic (exact) mass is 481 g/mol. The highest BCUT2D eigenvalue weighted by molar-refractivity contribution is 7.07. The van der Waals surface area contributed by atoms with E-state index in [0.717, 1.165) is 33.6 Å². The highest BCUT2D eigenvalue weighted by Gasteiger charge is 2.30. The van der Waals surface area contributed by atoms with Crippen LogP contribution in [0.4, 0.5) is 4.79 Å². The van der Waals surface area contributed by atoms with E-state index in [1.807, 2.05) is 48.5 Å². The van der Waals surface area contributed by atoms with Gasteiger partial charge >= 0.3 is 16.9 Å². The van der Waals surface area contributed by atoms with Gasteiger partial charge in [-0.2, -0.15) is 0 Å². The summed E-state index contributed by atoms with van der Waals surface area (Å²) in [4.78, 5) is 49.7. The molecule has 1 aliphatic rings. The minimum Gasteiger partial charge on any atom is -0.481 e. The largest absolute Gasteiger partial charge is 0.481 e. The van der Waals surface area contributed by atoms with Gasteiger partial charge in [0.05, 0.1) is 6.54 Å². The van der Waals surface area contributed by atoms with Crippen LogP contribution in [0, 0.1) is 0 Å². The van der Waals surface area contributed by atoms with Gasteiger partial charge < -0.3 is 25.5 Å². The number of aromatic amines is 1. The molecule has 0 fully saturated rings. The molecule has 0 aliphatic heterocycles. The summed E-state index contributed by atoms with van der Waals surface area (Å²) in [6, 6.07) is 14.7. The minimum absolute atomic E-state index is 0.0491. The maximum Gasteiger partial charge on any atom is 0.407 e. The average Bonchev–Trinajstić information content (AvgIpc) is 3.39. The molecule has 0 saturated heterocycles. The Kier molecular flexibility index (Phi) is 7.07. The van der Waals surface area contributed by atoms with Crippen LogP contribution in [0.25, 0.3) is 11.1 Å². The molecule has 176 valence electrons. The van der Waals surface area contributed by atoms with Gasteiger partial charge in [0, 0.05) is 23.4 Å². The number of thiazole rings is 1. The first-order valence-electron chi connectivity index (χ1n) is 10.7. The summed E-state index contributed by atoms with van der Waals surface area (Å²) in [6.45, 7) is 0.122. The van der Waals surface area contributed by atoms with E-state index in [1.165, 1.54) is 0 Å². The van der Waals surface area contributed by atoms with Gasteiger partial charge in [0.2, 0.25) is 5.91 Å². The first-order valence-corrected chi connectivity index (χ1v) is 11.6. The number of hydrogen-bond acceptors (Lipinski definition) is 6. The number of amides is 2. The summed E-state index contributed by atoms with van der Waals surface area (Å²) in [5, 5.41) is 15.7. The fourth-order valence-corrected chi connectivity index (χ4v) is 4.61. The molecule has 4 N–H and O–H groups in total. The molecule has 2 aromatic carbocycles. The van der Waals surface area contributed by atoms with Gasteiger partial charge in [-0.1, -0.05) is 59.9 Å². The molecule has 4 rings (SSSR count). The standard InChI is InChI=1S/C24H23N3O6S/c28-21(29)10-9-20(22(30)25-11-14-13-34-24(32)26-14)27-23(31)33-12-19-17-7-3-1-5-15(17)16-6-2-4-8-18(16)19/h1-8,13,19-20H,9-12H2,(H,25,30)(H,26,32)(H,27,31)(H,28,29). The third-order valence-corrected chi connectivity index (χ3v) is 6.34. The number of H-pyrrole nitrogens is 1. The van der Waals surface area contributed by atoms with E-state index in [-0.39, 0.29) is 36.8 Å². The fourth-order valence-electron chi connectivity index (χ4n) is 4.03. The lowest BCUT2D eigenvalue weighted by molar-refractivity contribution is -0.137. The van der Waals surface area contributed by atoms with Gasteiger partial charge in [-0.15, -0.1) is 0 Å². The van der Waals surface area contributed by atoms with Crippen molar-refractivity contribution in [3.63, 3.8) is 0 Å². The van der Waals surface area contributed by atoms with Crippen LogP contribution in [0.5, 0.6) is 0 Å². The second-order valence-corrected chi connectivity index (χ2v) is 8.69. The highest BCUT2D eigenvalue weighted by Crippen LogP contribution is 2.44. The first kappa shape index (κ1) is 23.2. The van der Waals surface area contributed by atoms with E-state index >= 15 is 0 Å².